The summed E-state index contributed by atoms with van der Waals surface area (Å²) in [6.07, 6.45) is -1.10. The largest absolute Gasteiger partial charge is 0.480 e. The third kappa shape index (κ3) is 2.67. The Morgan fingerprint density at radius 3 is 2.70 bits per heavy atom. The average molecular weight is 320 g/mol. The maximum absolute atomic E-state index is 12.6. The number of β-amino-alcohol motifs (C(OH)–C–C–N with tert-alkyl or cyclic N) is 1. The number of hydrogen-bond donors (Lipinski definition) is 2. The summed E-state index contributed by atoms with van der Waals surface area (Å²) in [7, 11) is -4.01. The highest BCUT2D eigenvalue weighted by molar-refractivity contribution is 7.89. The smallest absolute Gasteiger partial charge is 0.322 e. The van der Waals surface area contributed by atoms with Crippen molar-refractivity contribution in [3.8, 4) is 0 Å². The molecule has 1 aromatic carbocycles. The van der Waals surface area contributed by atoms with Gasteiger partial charge in [-0.05, 0) is 24.6 Å². The maximum Gasteiger partial charge on any atom is 0.322 e. The number of aliphatic hydroxyl groups excluding tert-OH is 1. The first-order valence-corrected chi connectivity index (χ1v) is 7.74. The lowest BCUT2D eigenvalue weighted by molar-refractivity contribution is -0.140. The molecule has 110 valence electrons. The molecular formula is C12H14ClNO5S. The SMILES string of the molecule is Cc1ccc(Cl)cc1S(=O)(=O)N1C[C@@H](O)C[C@H]1C(=O)O. The zero-order valence-electron chi connectivity index (χ0n) is 10.7. The van der Waals surface area contributed by atoms with Crippen molar-refractivity contribution < 1.29 is 23.4 Å². The van der Waals surface area contributed by atoms with Crippen LogP contribution < -0.4 is 0 Å². The number of nitrogens with zero attached hydrogens (tertiary/aromatic N) is 1. The van der Waals surface area contributed by atoms with Crippen LogP contribution in [0.4, 0.5) is 0 Å². The van der Waals surface area contributed by atoms with Gasteiger partial charge in [0.15, 0.2) is 0 Å². The van der Waals surface area contributed by atoms with Crippen LogP contribution in [0.25, 0.3) is 0 Å². The molecule has 1 saturated heterocycles. The van der Waals surface area contributed by atoms with Gasteiger partial charge in [-0.3, -0.25) is 4.79 Å². The molecule has 0 aromatic heterocycles. The van der Waals surface area contributed by atoms with E-state index in [1.54, 1.807) is 19.1 Å². The quantitative estimate of drug-likeness (QED) is 0.861. The zero-order valence-corrected chi connectivity index (χ0v) is 12.2. The Bertz CT molecular complexity index is 645. The van der Waals surface area contributed by atoms with Crippen molar-refractivity contribution in [2.45, 2.75) is 30.4 Å². The number of benzene rings is 1. The fourth-order valence-electron chi connectivity index (χ4n) is 2.25. The number of carboxylic acid groups (broad SMARTS) is 1. The Kier molecular flexibility index (Phi) is 4.06. The average Bonchev–Trinajstić information content (AvgIpc) is 2.75. The van der Waals surface area contributed by atoms with E-state index in [1.165, 1.54) is 6.07 Å². The molecule has 0 bridgehead atoms. The number of aryl methyl sites for hydroxylation is 1. The number of aliphatic hydroxyl groups is 1. The zero-order chi connectivity index (χ0) is 15.1. The summed E-state index contributed by atoms with van der Waals surface area (Å²) in [5, 5.41) is 18.9. The summed E-state index contributed by atoms with van der Waals surface area (Å²) < 4.78 is 25.9. The van der Waals surface area contributed by atoms with Crippen LogP contribution in [0.5, 0.6) is 0 Å². The number of aliphatic carboxylic acids is 1. The van der Waals surface area contributed by atoms with E-state index in [4.69, 9.17) is 16.7 Å². The van der Waals surface area contributed by atoms with Gasteiger partial charge in [-0.15, -0.1) is 0 Å². The summed E-state index contributed by atoms with van der Waals surface area (Å²) in [6, 6.07) is 3.14. The van der Waals surface area contributed by atoms with E-state index in [9.17, 15) is 18.3 Å². The lowest BCUT2D eigenvalue weighted by atomic mass is 10.2. The van der Waals surface area contributed by atoms with Crippen LogP contribution in [-0.2, 0) is 14.8 Å². The number of hydrogen-bond acceptors (Lipinski definition) is 4. The molecule has 0 amide bonds. The van der Waals surface area contributed by atoms with E-state index >= 15 is 0 Å². The van der Waals surface area contributed by atoms with Crippen LogP contribution in [0.15, 0.2) is 23.1 Å². The Morgan fingerprint density at radius 1 is 1.45 bits per heavy atom. The molecule has 0 radical (unpaired) electrons. The molecule has 1 heterocycles. The molecule has 0 aliphatic carbocycles. The number of carbonyl (C=O) groups is 1. The van der Waals surface area contributed by atoms with Gasteiger partial charge in [0.1, 0.15) is 6.04 Å². The standard InChI is InChI=1S/C12H14ClNO5S/c1-7-2-3-8(13)4-11(7)20(18,19)14-6-9(15)5-10(14)12(16)17/h2-4,9-10,15H,5-6H2,1H3,(H,16,17)/t9-,10-/m0/s1. The number of sulfonamides is 1. The van der Waals surface area contributed by atoms with Crippen molar-refractivity contribution in [3.05, 3.63) is 28.8 Å². The van der Waals surface area contributed by atoms with E-state index in [-0.39, 0.29) is 22.9 Å². The highest BCUT2D eigenvalue weighted by Gasteiger charge is 2.43. The molecule has 6 nitrogen and oxygen atoms in total. The second-order valence-corrected chi connectivity index (χ2v) is 7.02. The normalized spacial score (nSPS) is 23.9. The monoisotopic (exact) mass is 319 g/mol. The molecule has 0 spiro atoms. The molecule has 0 unspecified atom stereocenters. The highest BCUT2D eigenvalue weighted by Crippen LogP contribution is 2.29. The topological polar surface area (TPSA) is 94.9 Å². The molecule has 0 saturated carbocycles. The summed E-state index contributed by atoms with van der Waals surface area (Å²) in [5.74, 6) is -1.27. The Hall–Kier alpha value is -1.15. The van der Waals surface area contributed by atoms with Crippen LogP contribution in [0.3, 0.4) is 0 Å². The van der Waals surface area contributed by atoms with Gasteiger partial charge in [-0.2, -0.15) is 4.31 Å². The highest BCUT2D eigenvalue weighted by atomic mass is 35.5. The molecule has 8 heteroatoms. The van der Waals surface area contributed by atoms with Crippen molar-refractivity contribution in [1.29, 1.82) is 0 Å². The van der Waals surface area contributed by atoms with Gasteiger partial charge in [0.2, 0.25) is 10.0 Å². The molecule has 1 aliphatic rings. The lowest BCUT2D eigenvalue weighted by Crippen LogP contribution is -2.40. The Labute approximate surface area is 121 Å². The Balaban J connectivity index is 2.49. The first-order valence-electron chi connectivity index (χ1n) is 5.92. The third-order valence-corrected chi connectivity index (χ3v) is 5.51. The number of halogens is 1. The van der Waals surface area contributed by atoms with Crippen LogP contribution in [0.2, 0.25) is 5.02 Å². The summed E-state index contributed by atoms with van der Waals surface area (Å²) in [5.41, 5.74) is 0.472. The number of rotatable bonds is 3. The van der Waals surface area contributed by atoms with Crippen LogP contribution in [0, 0.1) is 6.92 Å². The van der Waals surface area contributed by atoms with E-state index in [0.717, 1.165) is 4.31 Å². The molecule has 2 N–H and O–H groups in total. The van der Waals surface area contributed by atoms with Crippen molar-refractivity contribution in [1.82, 2.24) is 4.31 Å². The van der Waals surface area contributed by atoms with Crippen molar-refractivity contribution in [2.75, 3.05) is 6.54 Å². The van der Waals surface area contributed by atoms with Crippen molar-refractivity contribution in [2.24, 2.45) is 0 Å². The minimum atomic E-state index is -4.01. The molecule has 2 atom stereocenters. The number of carboxylic acids is 1. The van der Waals surface area contributed by atoms with Gasteiger partial charge in [-0.1, -0.05) is 17.7 Å². The fraction of sp³-hybridized carbons (Fsp3) is 0.417. The fourth-order valence-corrected chi connectivity index (χ4v) is 4.37. The van der Waals surface area contributed by atoms with Gasteiger partial charge in [0.25, 0.3) is 0 Å². The van der Waals surface area contributed by atoms with E-state index in [2.05, 4.69) is 0 Å². The second kappa shape index (κ2) is 5.33. The molecule has 1 aliphatic heterocycles. The van der Waals surface area contributed by atoms with Crippen molar-refractivity contribution >= 4 is 27.6 Å². The third-order valence-electron chi connectivity index (χ3n) is 3.26. The maximum atomic E-state index is 12.6. The van der Waals surface area contributed by atoms with Gasteiger partial charge >= 0.3 is 5.97 Å². The molecule has 1 fully saturated rings. The van der Waals surface area contributed by atoms with E-state index < -0.39 is 28.1 Å². The summed E-state index contributed by atoms with van der Waals surface area (Å²) >= 11 is 5.81. The minimum absolute atomic E-state index is 0.0367. The second-order valence-electron chi connectivity index (χ2n) is 4.73. The first-order chi connectivity index (χ1) is 9.23. The molecular weight excluding hydrogens is 306 g/mol. The van der Waals surface area contributed by atoms with Gasteiger partial charge in [0, 0.05) is 18.0 Å². The lowest BCUT2D eigenvalue weighted by Gasteiger charge is -2.21. The van der Waals surface area contributed by atoms with Crippen LogP contribution in [-0.4, -0.2) is 47.6 Å². The molecule has 2 rings (SSSR count). The molecule has 20 heavy (non-hydrogen) atoms. The predicted molar refractivity (Wildman–Crippen MR) is 72.1 cm³/mol. The first kappa shape index (κ1) is 15.2. The van der Waals surface area contributed by atoms with Gasteiger partial charge < -0.3 is 10.2 Å². The summed E-state index contributed by atoms with van der Waals surface area (Å²) in [4.78, 5) is 11.1. The summed E-state index contributed by atoms with van der Waals surface area (Å²) in [6.45, 7) is 1.37. The van der Waals surface area contributed by atoms with E-state index in [0.29, 0.717) is 5.56 Å². The van der Waals surface area contributed by atoms with Gasteiger partial charge in [0.05, 0.1) is 11.0 Å². The Morgan fingerprint density at radius 2 is 2.10 bits per heavy atom. The minimum Gasteiger partial charge on any atom is -0.480 e. The van der Waals surface area contributed by atoms with E-state index in [1.807, 2.05) is 0 Å². The van der Waals surface area contributed by atoms with Crippen LogP contribution >= 0.6 is 11.6 Å². The predicted octanol–water partition coefficient (Wildman–Crippen LogP) is 0.857. The van der Waals surface area contributed by atoms with Crippen LogP contribution in [0.1, 0.15) is 12.0 Å². The molecule has 1 aromatic rings. The van der Waals surface area contributed by atoms with Gasteiger partial charge in [-0.25, -0.2) is 8.42 Å². The van der Waals surface area contributed by atoms with Crippen molar-refractivity contribution in [3.63, 3.8) is 0 Å².